The van der Waals surface area contributed by atoms with Crippen molar-refractivity contribution in [3.63, 3.8) is 0 Å². The van der Waals surface area contributed by atoms with E-state index in [1.807, 2.05) is 0 Å². The van der Waals surface area contributed by atoms with Crippen molar-refractivity contribution in [3.8, 4) is 18.1 Å². The van der Waals surface area contributed by atoms with Gasteiger partial charge < -0.3 is 9.64 Å². The van der Waals surface area contributed by atoms with Crippen LogP contribution in [0, 0.1) is 12.3 Å². The Morgan fingerprint density at radius 1 is 1.45 bits per heavy atom. The fourth-order valence-electron chi connectivity index (χ4n) is 2.02. The first kappa shape index (κ1) is 14.3. The molecular weight excluding hydrogens is 285 g/mol. The Morgan fingerprint density at radius 3 is 2.75 bits per heavy atom. The Balaban J connectivity index is 2.29. The van der Waals surface area contributed by atoms with E-state index in [1.165, 1.54) is 4.90 Å². The highest BCUT2D eigenvalue weighted by atomic mass is 32.3. The van der Waals surface area contributed by atoms with E-state index in [1.54, 1.807) is 24.3 Å². The monoisotopic (exact) mass is 297 g/mol. The number of para-hydroxylation sites is 2. The van der Waals surface area contributed by atoms with Crippen molar-refractivity contribution in [3.05, 3.63) is 24.3 Å². The van der Waals surface area contributed by atoms with Crippen molar-refractivity contribution >= 4 is 21.8 Å². The number of benzene rings is 1. The molecule has 1 fully saturated rings. The number of hydrogen-bond acceptors (Lipinski definition) is 4. The van der Waals surface area contributed by atoms with Crippen LogP contribution < -0.4 is 9.64 Å². The van der Waals surface area contributed by atoms with Crippen LogP contribution in [0.3, 0.4) is 0 Å². The van der Waals surface area contributed by atoms with E-state index in [2.05, 4.69) is 5.92 Å². The molecule has 1 saturated heterocycles. The van der Waals surface area contributed by atoms with Crippen LogP contribution in [0.25, 0.3) is 0 Å². The highest BCUT2D eigenvalue weighted by Crippen LogP contribution is 2.33. The molecule has 20 heavy (non-hydrogen) atoms. The Kier molecular flexibility index (Phi) is 3.95. The van der Waals surface area contributed by atoms with Gasteiger partial charge >= 0.3 is 10.2 Å². The lowest BCUT2D eigenvalue weighted by molar-refractivity contribution is -0.117. The zero-order valence-electron chi connectivity index (χ0n) is 10.5. The second kappa shape index (κ2) is 5.51. The van der Waals surface area contributed by atoms with Crippen LogP contribution in [-0.4, -0.2) is 32.7 Å². The molecule has 0 N–H and O–H groups in total. The van der Waals surface area contributed by atoms with Crippen molar-refractivity contribution in [2.45, 2.75) is 11.7 Å². The smallest absolute Gasteiger partial charge is 0.307 e. The number of anilines is 1. The first-order valence-corrected chi connectivity index (χ1v) is 7.27. The fraction of sp³-hybridized carbons (Fsp3) is 0.308. The molecule has 0 spiro atoms. The van der Waals surface area contributed by atoms with Gasteiger partial charge in [0.25, 0.3) is 0 Å². The van der Waals surface area contributed by atoms with Crippen LogP contribution in [-0.2, 0) is 15.0 Å². The van der Waals surface area contributed by atoms with E-state index in [-0.39, 0.29) is 19.6 Å². The van der Waals surface area contributed by atoms with Crippen molar-refractivity contribution in [2.24, 2.45) is 0 Å². The molecule has 0 radical (unpaired) electrons. The summed E-state index contributed by atoms with van der Waals surface area (Å²) >= 11 is 0. The lowest BCUT2D eigenvalue weighted by Gasteiger charge is -2.19. The predicted octanol–water partition coefficient (Wildman–Crippen LogP) is 1.10. The predicted molar refractivity (Wildman–Crippen MR) is 71.6 cm³/mol. The highest BCUT2D eigenvalue weighted by molar-refractivity contribution is 7.87. The molecular formula is C13H12FNO4S. The summed E-state index contributed by atoms with van der Waals surface area (Å²) in [6, 6.07) is 6.57. The second-order valence-corrected chi connectivity index (χ2v) is 5.88. The molecule has 1 heterocycles. The molecule has 0 bridgehead atoms. The lowest BCUT2D eigenvalue weighted by atomic mass is 10.2. The van der Waals surface area contributed by atoms with Crippen molar-refractivity contribution in [1.29, 1.82) is 0 Å². The van der Waals surface area contributed by atoms with Crippen LogP contribution in [0.5, 0.6) is 5.75 Å². The SMILES string of the molecule is C#CCOc1ccccc1N1CC(S(=O)(=O)F)CC1=O. The summed E-state index contributed by atoms with van der Waals surface area (Å²) in [7, 11) is -4.74. The number of hydrogen-bond donors (Lipinski definition) is 0. The van der Waals surface area contributed by atoms with Crippen LogP contribution in [0.15, 0.2) is 24.3 Å². The van der Waals surface area contributed by atoms with Gasteiger partial charge in [0.05, 0.1) is 5.69 Å². The summed E-state index contributed by atoms with van der Waals surface area (Å²) < 4.78 is 40.1. The number of terminal acetylenes is 1. The molecule has 1 aromatic rings. The van der Waals surface area contributed by atoms with E-state index < -0.39 is 21.4 Å². The van der Waals surface area contributed by atoms with Gasteiger partial charge in [-0.15, -0.1) is 10.3 Å². The molecule has 106 valence electrons. The van der Waals surface area contributed by atoms with Crippen LogP contribution in [0.1, 0.15) is 6.42 Å². The zero-order chi connectivity index (χ0) is 14.8. The van der Waals surface area contributed by atoms with Crippen molar-refractivity contribution in [2.75, 3.05) is 18.1 Å². The van der Waals surface area contributed by atoms with Crippen molar-refractivity contribution < 1.29 is 21.8 Å². The minimum absolute atomic E-state index is 0.0177. The molecule has 0 aromatic heterocycles. The summed E-state index contributed by atoms with van der Waals surface area (Å²) in [4.78, 5) is 13.1. The molecule has 1 atom stereocenters. The summed E-state index contributed by atoms with van der Waals surface area (Å²) in [5.41, 5.74) is 0.388. The third kappa shape index (κ3) is 2.91. The lowest BCUT2D eigenvalue weighted by Crippen LogP contribution is -2.27. The number of nitrogens with zero attached hydrogens (tertiary/aromatic N) is 1. The molecule has 1 aliphatic heterocycles. The number of halogens is 1. The fourth-order valence-corrected chi connectivity index (χ4v) is 2.69. The summed E-state index contributed by atoms with van der Waals surface area (Å²) in [5, 5.41) is -1.34. The Hall–Kier alpha value is -2.07. The minimum atomic E-state index is -4.74. The molecule has 1 aromatic carbocycles. The maximum Gasteiger partial charge on any atom is 0.307 e. The van der Waals surface area contributed by atoms with Crippen molar-refractivity contribution in [1.82, 2.24) is 0 Å². The van der Waals surface area contributed by atoms with Gasteiger partial charge in [0, 0.05) is 13.0 Å². The van der Waals surface area contributed by atoms with E-state index in [9.17, 15) is 17.1 Å². The van der Waals surface area contributed by atoms with Gasteiger partial charge in [-0.1, -0.05) is 18.1 Å². The molecule has 7 heteroatoms. The quantitative estimate of drug-likeness (QED) is 0.617. The number of amides is 1. The first-order valence-electron chi connectivity index (χ1n) is 5.82. The maximum atomic E-state index is 13.0. The van der Waals surface area contributed by atoms with Crippen LogP contribution in [0.2, 0.25) is 0 Å². The molecule has 0 saturated carbocycles. The normalized spacial score (nSPS) is 18.9. The number of ether oxygens (including phenoxy) is 1. The first-order chi connectivity index (χ1) is 9.43. The summed E-state index contributed by atoms with van der Waals surface area (Å²) in [5.74, 6) is 2.19. The maximum absolute atomic E-state index is 13.0. The van der Waals surface area contributed by atoms with Gasteiger partial charge in [0.2, 0.25) is 5.91 Å². The topological polar surface area (TPSA) is 63.7 Å². The molecule has 5 nitrogen and oxygen atoms in total. The van der Waals surface area contributed by atoms with Gasteiger partial charge in [-0.25, -0.2) is 0 Å². The van der Waals surface area contributed by atoms with Gasteiger partial charge in [-0.2, -0.15) is 8.42 Å². The Bertz CT molecular complexity index is 665. The average molecular weight is 297 g/mol. The molecule has 1 unspecified atom stereocenters. The van der Waals surface area contributed by atoms with E-state index in [0.717, 1.165) is 0 Å². The average Bonchev–Trinajstić information content (AvgIpc) is 2.79. The minimum Gasteiger partial charge on any atom is -0.479 e. The van der Waals surface area contributed by atoms with Crippen LogP contribution >= 0.6 is 0 Å². The molecule has 1 aliphatic rings. The summed E-state index contributed by atoms with van der Waals surface area (Å²) in [6.07, 6.45) is 4.73. The summed E-state index contributed by atoms with van der Waals surface area (Å²) in [6.45, 7) is -0.210. The van der Waals surface area contributed by atoms with E-state index in [0.29, 0.717) is 11.4 Å². The highest BCUT2D eigenvalue weighted by Gasteiger charge is 2.39. The molecule has 2 rings (SSSR count). The van der Waals surface area contributed by atoms with Gasteiger partial charge in [-0.3, -0.25) is 4.79 Å². The second-order valence-electron chi connectivity index (χ2n) is 4.27. The van der Waals surface area contributed by atoms with Gasteiger partial charge in [0.1, 0.15) is 17.6 Å². The molecule has 1 amide bonds. The third-order valence-electron chi connectivity index (χ3n) is 2.95. The number of rotatable bonds is 4. The van der Waals surface area contributed by atoms with Gasteiger partial charge in [-0.05, 0) is 12.1 Å². The third-order valence-corrected chi connectivity index (χ3v) is 4.07. The Labute approximate surface area is 116 Å². The molecule has 0 aliphatic carbocycles. The van der Waals surface area contributed by atoms with Gasteiger partial charge in [0.15, 0.2) is 0 Å². The number of carbonyl (C=O) groups excluding carboxylic acids is 1. The van der Waals surface area contributed by atoms with E-state index in [4.69, 9.17) is 11.2 Å². The van der Waals surface area contributed by atoms with E-state index >= 15 is 0 Å². The largest absolute Gasteiger partial charge is 0.479 e. The standard InChI is InChI=1S/C13H12FNO4S/c1-2-7-19-12-6-4-3-5-11(12)15-9-10(8-13(15)16)20(14,17)18/h1,3-6,10H,7-9H2. The van der Waals surface area contributed by atoms with Crippen LogP contribution in [0.4, 0.5) is 9.57 Å². The Morgan fingerprint density at radius 2 is 2.15 bits per heavy atom. The zero-order valence-corrected chi connectivity index (χ0v) is 11.3. The number of carbonyl (C=O) groups is 1.